The Kier molecular flexibility index (Phi) is 10.5. The van der Waals surface area contributed by atoms with Crippen molar-refractivity contribution in [3.8, 4) is 17.0 Å². The van der Waals surface area contributed by atoms with E-state index in [0.717, 1.165) is 59.0 Å². The number of morpholine rings is 1. The molecule has 2 unspecified atom stereocenters. The second-order valence-electron chi connectivity index (χ2n) is 14.5. The van der Waals surface area contributed by atoms with Crippen molar-refractivity contribution in [3.63, 3.8) is 0 Å². The Morgan fingerprint density at radius 3 is 2.60 bits per heavy atom. The van der Waals surface area contributed by atoms with Crippen LogP contribution in [0.3, 0.4) is 0 Å². The van der Waals surface area contributed by atoms with E-state index >= 15 is 0 Å². The van der Waals surface area contributed by atoms with E-state index in [9.17, 15) is 18.0 Å². The van der Waals surface area contributed by atoms with Crippen LogP contribution < -0.4 is 9.46 Å². The Hall–Kier alpha value is -4.46. The Morgan fingerprint density at radius 1 is 1.08 bits per heavy atom. The van der Waals surface area contributed by atoms with Gasteiger partial charge in [-0.2, -0.15) is 5.10 Å². The maximum Gasteiger partial charge on any atom is 0.264 e. The van der Waals surface area contributed by atoms with Gasteiger partial charge in [-0.1, -0.05) is 32.3 Å². The van der Waals surface area contributed by atoms with E-state index in [1.165, 1.54) is 12.0 Å². The lowest BCUT2D eigenvalue weighted by Gasteiger charge is -2.32. The number of carbonyl (C=O) groups is 2. The van der Waals surface area contributed by atoms with Gasteiger partial charge in [0.15, 0.2) is 0 Å². The smallest absolute Gasteiger partial charge is 0.264 e. The third kappa shape index (κ3) is 7.02. The molecule has 53 heavy (non-hydrogen) atoms. The number of allylic oxidation sites excluding steroid dienone is 1. The summed E-state index contributed by atoms with van der Waals surface area (Å²) < 4.78 is 49.1. The first-order valence-corrected chi connectivity index (χ1v) is 20.1. The minimum atomic E-state index is -3.85. The number of aromatic nitrogens is 3. The average molecular weight is 744 g/mol. The third-order valence-corrected chi connectivity index (χ3v) is 13.0. The van der Waals surface area contributed by atoms with E-state index in [0.29, 0.717) is 62.2 Å². The summed E-state index contributed by atoms with van der Waals surface area (Å²) >= 11 is 0. The number of rotatable bonds is 10. The number of hydrogen-bond donors (Lipinski definition) is 1. The largest absolute Gasteiger partial charge is 0.497 e. The molecule has 1 saturated carbocycles. The predicted molar refractivity (Wildman–Crippen MR) is 204 cm³/mol. The monoisotopic (exact) mass is 743 g/mol. The van der Waals surface area contributed by atoms with Gasteiger partial charge in [-0.15, -0.1) is 0 Å². The Balaban J connectivity index is 1.41. The average Bonchev–Trinajstić information content (AvgIpc) is 3.65. The Morgan fingerprint density at radius 2 is 1.87 bits per heavy atom. The molecule has 1 N–H and O–H groups in total. The summed E-state index contributed by atoms with van der Waals surface area (Å²) in [7, 11) is 1.27. The summed E-state index contributed by atoms with van der Waals surface area (Å²) in [5.41, 5.74) is 7.41. The minimum absolute atomic E-state index is 0.129. The van der Waals surface area contributed by atoms with Crippen molar-refractivity contribution in [1.29, 1.82) is 0 Å². The first-order chi connectivity index (χ1) is 25.5. The SMILES string of the molecule is CCC(C)S(=O)(=O)NC(=O)c1ccc2c(C3CCCCC3)c3n(c2c1)CC(c1c(C(=O)N2CCOC(COC)C2)cnn1C)=Cc1cc(OC)ccc1-3. The Labute approximate surface area is 311 Å². The topological polar surface area (TPSA) is 134 Å². The van der Waals surface area contributed by atoms with Gasteiger partial charge >= 0.3 is 0 Å². The number of methoxy groups -OCH3 is 2. The number of aryl methyl sites for hydroxylation is 1. The van der Waals surface area contributed by atoms with Crippen LogP contribution in [0, 0.1) is 0 Å². The molecule has 4 heterocycles. The van der Waals surface area contributed by atoms with Crippen molar-refractivity contribution < 1.29 is 32.2 Å². The molecule has 2 aromatic carbocycles. The van der Waals surface area contributed by atoms with Crippen LogP contribution in [-0.4, -0.2) is 91.4 Å². The highest BCUT2D eigenvalue weighted by Crippen LogP contribution is 2.48. The van der Waals surface area contributed by atoms with E-state index < -0.39 is 21.2 Å². The lowest BCUT2D eigenvalue weighted by molar-refractivity contribution is -0.0531. The molecule has 282 valence electrons. The first-order valence-electron chi connectivity index (χ1n) is 18.6. The molecule has 2 fully saturated rings. The van der Waals surface area contributed by atoms with Crippen molar-refractivity contribution in [2.24, 2.45) is 7.05 Å². The fourth-order valence-corrected chi connectivity index (χ4v) is 9.19. The standard InChI is InChI=1S/C40H49N5O7S/c1-6-25(2)53(48,49)42-39(46)27-12-14-33-35(20-27)45-22-29(37-34(21-41-43(37)3)40(47)44-16-17-52-31(23-44)24-50-4)18-28-19-30(51-5)13-15-32(28)38(45)36(33)26-10-8-7-9-11-26/h12-15,18-21,25-26,31H,6-11,16-17,22-24H2,1-5H3,(H,42,46). The maximum absolute atomic E-state index is 14.3. The number of amides is 2. The molecule has 7 rings (SSSR count). The van der Waals surface area contributed by atoms with Gasteiger partial charge in [-0.3, -0.25) is 14.3 Å². The molecule has 0 radical (unpaired) electrons. The highest BCUT2D eigenvalue weighted by molar-refractivity contribution is 7.90. The van der Waals surface area contributed by atoms with Gasteiger partial charge in [0.25, 0.3) is 11.8 Å². The molecule has 3 aliphatic rings. The van der Waals surface area contributed by atoms with Crippen LogP contribution in [0.5, 0.6) is 5.75 Å². The zero-order chi connectivity index (χ0) is 37.4. The molecule has 0 spiro atoms. The number of nitrogens with one attached hydrogen (secondary N) is 1. The molecule has 2 aromatic heterocycles. The number of nitrogens with zero attached hydrogens (tertiary/aromatic N) is 4. The first kappa shape index (κ1) is 36.9. The summed E-state index contributed by atoms with van der Waals surface area (Å²) in [6.07, 6.45) is 9.51. The van der Waals surface area contributed by atoms with E-state index in [1.54, 1.807) is 49.9 Å². The summed E-state index contributed by atoms with van der Waals surface area (Å²) in [5, 5.41) is 4.93. The second kappa shape index (κ2) is 15.1. The van der Waals surface area contributed by atoms with Gasteiger partial charge < -0.3 is 23.7 Å². The van der Waals surface area contributed by atoms with E-state index in [1.807, 2.05) is 31.3 Å². The molecule has 2 aliphatic heterocycles. The van der Waals surface area contributed by atoms with Crippen LogP contribution in [0.1, 0.15) is 95.8 Å². The zero-order valence-corrected chi connectivity index (χ0v) is 32.0. The fourth-order valence-electron chi connectivity index (χ4n) is 8.17. The number of benzene rings is 2. The van der Waals surface area contributed by atoms with Gasteiger partial charge in [0.1, 0.15) is 5.75 Å². The highest BCUT2D eigenvalue weighted by Gasteiger charge is 2.33. The fraction of sp³-hybridized carbons (Fsp3) is 0.475. The molecule has 2 amide bonds. The summed E-state index contributed by atoms with van der Waals surface area (Å²) in [5.74, 6) is 0.229. The number of hydrogen-bond acceptors (Lipinski definition) is 8. The summed E-state index contributed by atoms with van der Waals surface area (Å²) in [6.45, 7) is 5.43. The lowest BCUT2D eigenvalue weighted by Crippen LogP contribution is -2.47. The molecule has 1 aliphatic carbocycles. The van der Waals surface area contributed by atoms with Crippen molar-refractivity contribution in [2.75, 3.05) is 40.5 Å². The third-order valence-electron chi connectivity index (χ3n) is 11.1. The van der Waals surface area contributed by atoms with Crippen LogP contribution in [0.2, 0.25) is 0 Å². The van der Waals surface area contributed by atoms with Crippen molar-refractivity contribution in [2.45, 2.75) is 76.2 Å². The number of fused-ring (bicyclic) bond motifs is 5. The van der Waals surface area contributed by atoms with E-state index in [-0.39, 0.29) is 17.6 Å². The minimum Gasteiger partial charge on any atom is -0.497 e. The predicted octanol–water partition coefficient (Wildman–Crippen LogP) is 6.00. The molecular formula is C40H49N5O7S. The van der Waals surface area contributed by atoms with Gasteiger partial charge in [0.2, 0.25) is 10.0 Å². The van der Waals surface area contributed by atoms with Crippen molar-refractivity contribution in [3.05, 3.63) is 70.5 Å². The molecule has 0 bridgehead atoms. The molecule has 13 heteroatoms. The molecule has 1 saturated heterocycles. The number of ether oxygens (including phenoxy) is 3. The molecule has 2 atom stereocenters. The van der Waals surface area contributed by atoms with Crippen LogP contribution >= 0.6 is 0 Å². The van der Waals surface area contributed by atoms with Crippen LogP contribution in [0.4, 0.5) is 0 Å². The van der Waals surface area contributed by atoms with Gasteiger partial charge in [0.05, 0.1) is 61.4 Å². The number of sulfonamides is 1. The van der Waals surface area contributed by atoms with Crippen molar-refractivity contribution >= 4 is 44.4 Å². The van der Waals surface area contributed by atoms with E-state index in [2.05, 4.69) is 26.5 Å². The van der Waals surface area contributed by atoms with Crippen LogP contribution in [0.25, 0.3) is 33.8 Å². The molecular weight excluding hydrogens is 695 g/mol. The molecule has 12 nitrogen and oxygen atoms in total. The molecule has 4 aromatic rings. The summed E-state index contributed by atoms with van der Waals surface area (Å²) in [6, 6.07) is 11.6. The van der Waals surface area contributed by atoms with Crippen LogP contribution in [0.15, 0.2) is 42.6 Å². The van der Waals surface area contributed by atoms with Gasteiger partial charge in [-0.25, -0.2) is 13.1 Å². The normalized spacial score (nSPS) is 18.5. The van der Waals surface area contributed by atoms with Crippen molar-refractivity contribution in [1.82, 2.24) is 24.0 Å². The lowest BCUT2D eigenvalue weighted by atomic mass is 9.81. The summed E-state index contributed by atoms with van der Waals surface area (Å²) in [4.78, 5) is 29.6. The quantitative estimate of drug-likeness (QED) is 0.209. The van der Waals surface area contributed by atoms with E-state index in [4.69, 9.17) is 14.2 Å². The number of carbonyl (C=O) groups excluding carboxylic acids is 2. The second-order valence-corrected chi connectivity index (χ2v) is 16.6. The highest BCUT2D eigenvalue weighted by atomic mass is 32.2. The Bertz CT molecular complexity index is 2180. The zero-order valence-electron chi connectivity index (χ0n) is 31.2. The van der Waals surface area contributed by atoms with Gasteiger partial charge in [0, 0.05) is 49.3 Å². The van der Waals surface area contributed by atoms with Crippen LogP contribution in [-0.2, 0) is 33.1 Å². The van der Waals surface area contributed by atoms with Gasteiger partial charge in [-0.05, 0) is 85.2 Å². The maximum atomic E-state index is 14.3.